The maximum Gasteiger partial charge on any atom is 0.420 e. The van der Waals surface area contributed by atoms with E-state index in [4.69, 9.17) is 4.42 Å². The number of likely N-dealkylation sites (tertiary alicyclic amines) is 1. The summed E-state index contributed by atoms with van der Waals surface area (Å²) in [5.74, 6) is -0.333. The maximum absolute atomic E-state index is 13.0. The molecule has 1 aliphatic rings. The molecule has 28 heavy (non-hydrogen) atoms. The van der Waals surface area contributed by atoms with E-state index >= 15 is 0 Å². The van der Waals surface area contributed by atoms with Gasteiger partial charge < -0.3 is 9.32 Å². The normalized spacial score (nSPS) is 16.1. The Morgan fingerprint density at radius 1 is 1.18 bits per heavy atom. The van der Waals surface area contributed by atoms with Crippen molar-refractivity contribution in [1.82, 2.24) is 19.2 Å². The molecule has 148 valence electrons. The first-order valence-corrected chi connectivity index (χ1v) is 9.69. The van der Waals surface area contributed by atoms with Gasteiger partial charge in [0.1, 0.15) is 5.69 Å². The topological polar surface area (TPSA) is 73.3 Å². The summed E-state index contributed by atoms with van der Waals surface area (Å²) in [5, 5.41) is 4.51. The van der Waals surface area contributed by atoms with Gasteiger partial charge in [-0.05, 0) is 31.0 Å². The number of benzene rings is 1. The molecule has 0 radical (unpaired) electrons. The Bertz CT molecular complexity index is 1080. The van der Waals surface area contributed by atoms with Crippen LogP contribution >= 0.6 is 0 Å². The third kappa shape index (κ3) is 3.15. The van der Waals surface area contributed by atoms with Crippen LogP contribution in [0, 0.1) is 0 Å². The second kappa shape index (κ2) is 6.65. The molecular weight excluding hydrogens is 356 g/mol. The van der Waals surface area contributed by atoms with Gasteiger partial charge in [0.2, 0.25) is 0 Å². The molecule has 7 heteroatoms. The van der Waals surface area contributed by atoms with Gasteiger partial charge in [0.15, 0.2) is 5.58 Å². The molecule has 0 saturated carbocycles. The molecule has 3 aromatic rings. The number of piperidine rings is 1. The maximum atomic E-state index is 13.0. The fourth-order valence-electron chi connectivity index (χ4n) is 3.85. The fourth-order valence-corrected chi connectivity index (χ4v) is 3.85. The van der Waals surface area contributed by atoms with Crippen molar-refractivity contribution in [2.45, 2.75) is 45.1 Å². The van der Waals surface area contributed by atoms with E-state index in [-0.39, 0.29) is 23.1 Å². The predicted molar refractivity (Wildman–Crippen MR) is 107 cm³/mol. The molecule has 0 atom stereocenters. The van der Waals surface area contributed by atoms with Crippen LogP contribution in [-0.2, 0) is 12.5 Å². The third-order valence-corrected chi connectivity index (χ3v) is 5.50. The molecule has 7 nitrogen and oxygen atoms in total. The van der Waals surface area contributed by atoms with Crippen molar-refractivity contribution in [3.63, 3.8) is 0 Å². The van der Waals surface area contributed by atoms with Crippen LogP contribution in [0.3, 0.4) is 0 Å². The Morgan fingerprint density at radius 3 is 2.50 bits per heavy atom. The predicted octanol–water partition coefficient (Wildman–Crippen LogP) is 3.10. The molecule has 1 fully saturated rings. The number of para-hydroxylation sites is 2. The van der Waals surface area contributed by atoms with Gasteiger partial charge in [0, 0.05) is 31.6 Å². The monoisotopic (exact) mass is 382 g/mol. The van der Waals surface area contributed by atoms with Gasteiger partial charge >= 0.3 is 5.76 Å². The number of fused-ring (bicyclic) bond motifs is 1. The van der Waals surface area contributed by atoms with Crippen LogP contribution in [-0.4, -0.2) is 38.2 Å². The smallest absolute Gasteiger partial charge is 0.408 e. The number of amides is 1. The van der Waals surface area contributed by atoms with Crippen LogP contribution in [0.1, 0.15) is 55.8 Å². The summed E-state index contributed by atoms with van der Waals surface area (Å²) in [6, 6.07) is 9.40. The zero-order valence-electron chi connectivity index (χ0n) is 16.8. The standard InChI is InChI=1S/C21H26N4O3/c1-21(2,3)18-13-16(23(4)22-18)19(26)24-11-9-14(10-12-24)25-15-7-5-6-8-17(15)28-20(25)27/h5-8,13-14H,9-12H2,1-4H3. The molecule has 2 aromatic heterocycles. The van der Waals surface area contributed by atoms with Gasteiger partial charge in [0.25, 0.3) is 5.91 Å². The molecule has 1 aromatic carbocycles. The van der Waals surface area contributed by atoms with Gasteiger partial charge in [0.05, 0.1) is 11.2 Å². The Morgan fingerprint density at radius 2 is 1.86 bits per heavy atom. The minimum absolute atomic E-state index is 0.00616. The van der Waals surface area contributed by atoms with E-state index in [0.717, 1.165) is 24.1 Å². The Balaban J connectivity index is 1.51. The Kier molecular flexibility index (Phi) is 4.40. The highest BCUT2D eigenvalue weighted by atomic mass is 16.4. The fraction of sp³-hybridized carbons (Fsp3) is 0.476. The molecule has 0 bridgehead atoms. The van der Waals surface area contributed by atoms with E-state index in [1.165, 1.54) is 0 Å². The quantitative estimate of drug-likeness (QED) is 0.683. The van der Waals surface area contributed by atoms with Crippen molar-refractivity contribution in [3.05, 3.63) is 52.3 Å². The number of hydrogen-bond donors (Lipinski definition) is 0. The lowest BCUT2D eigenvalue weighted by Gasteiger charge is -2.32. The van der Waals surface area contributed by atoms with Crippen molar-refractivity contribution in [2.24, 2.45) is 7.05 Å². The summed E-state index contributed by atoms with van der Waals surface area (Å²) in [6.07, 6.45) is 1.44. The van der Waals surface area contributed by atoms with Crippen molar-refractivity contribution >= 4 is 17.0 Å². The van der Waals surface area contributed by atoms with Gasteiger partial charge in [-0.15, -0.1) is 0 Å². The van der Waals surface area contributed by atoms with Crippen LogP contribution in [0.4, 0.5) is 0 Å². The van der Waals surface area contributed by atoms with E-state index < -0.39 is 0 Å². The molecule has 1 saturated heterocycles. The Hall–Kier alpha value is -2.83. The minimum Gasteiger partial charge on any atom is -0.408 e. The molecular formula is C21H26N4O3. The van der Waals surface area contributed by atoms with Crippen LogP contribution in [0.25, 0.3) is 11.1 Å². The summed E-state index contributed by atoms with van der Waals surface area (Å²) < 4.78 is 8.77. The van der Waals surface area contributed by atoms with E-state index in [2.05, 4.69) is 25.9 Å². The molecule has 4 rings (SSSR count). The number of rotatable bonds is 2. The van der Waals surface area contributed by atoms with E-state index in [1.54, 1.807) is 15.3 Å². The number of nitrogens with zero attached hydrogens (tertiary/aromatic N) is 4. The summed E-state index contributed by atoms with van der Waals surface area (Å²) in [6.45, 7) is 7.46. The summed E-state index contributed by atoms with van der Waals surface area (Å²) in [5.41, 5.74) is 2.83. The molecule has 3 heterocycles. The molecule has 1 amide bonds. The van der Waals surface area contributed by atoms with E-state index in [1.807, 2.05) is 36.2 Å². The lowest BCUT2D eigenvalue weighted by molar-refractivity contribution is 0.0682. The largest absolute Gasteiger partial charge is 0.420 e. The lowest BCUT2D eigenvalue weighted by Crippen LogP contribution is -2.41. The number of hydrogen-bond acceptors (Lipinski definition) is 4. The highest BCUT2D eigenvalue weighted by Crippen LogP contribution is 2.27. The van der Waals surface area contributed by atoms with Gasteiger partial charge in [-0.1, -0.05) is 32.9 Å². The van der Waals surface area contributed by atoms with Crippen LogP contribution in [0.5, 0.6) is 0 Å². The second-order valence-electron chi connectivity index (χ2n) is 8.52. The summed E-state index contributed by atoms with van der Waals surface area (Å²) in [7, 11) is 1.81. The number of carbonyl (C=O) groups is 1. The van der Waals surface area contributed by atoms with Crippen LogP contribution in [0.2, 0.25) is 0 Å². The molecule has 0 aliphatic carbocycles. The average Bonchev–Trinajstić information content (AvgIpc) is 3.20. The van der Waals surface area contributed by atoms with Crippen molar-refractivity contribution < 1.29 is 9.21 Å². The number of carbonyl (C=O) groups excluding carboxylic acids is 1. The van der Waals surface area contributed by atoms with Crippen LogP contribution in [0.15, 0.2) is 39.5 Å². The van der Waals surface area contributed by atoms with Crippen molar-refractivity contribution in [2.75, 3.05) is 13.1 Å². The first-order chi connectivity index (χ1) is 13.3. The molecule has 1 aliphatic heterocycles. The zero-order valence-corrected chi connectivity index (χ0v) is 16.8. The van der Waals surface area contributed by atoms with E-state index in [9.17, 15) is 9.59 Å². The summed E-state index contributed by atoms with van der Waals surface area (Å²) in [4.78, 5) is 27.2. The Labute approximate surface area is 163 Å². The van der Waals surface area contributed by atoms with Gasteiger partial charge in [-0.3, -0.25) is 14.0 Å². The number of aryl methyl sites for hydroxylation is 1. The van der Waals surface area contributed by atoms with E-state index in [0.29, 0.717) is 24.4 Å². The number of aromatic nitrogens is 3. The zero-order chi connectivity index (χ0) is 20.1. The highest BCUT2D eigenvalue weighted by molar-refractivity contribution is 5.92. The highest BCUT2D eigenvalue weighted by Gasteiger charge is 2.29. The molecule has 0 spiro atoms. The van der Waals surface area contributed by atoms with Gasteiger partial charge in [-0.25, -0.2) is 4.79 Å². The second-order valence-corrected chi connectivity index (χ2v) is 8.52. The first kappa shape index (κ1) is 18.5. The molecule has 0 N–H and O–H groups in total. The number of oxazole rings is 1. The lowest BCUT2D eigenvalue weighted by atomic mass is 9.92. The van der Waals surface area contributed by atoms with Crippen molar-refractivity contribution in [1.29, 1.82) is 0 Å². The first-order valence-electron chi connectivity index (χ1n) is 9.69. The SMILES string of the molecule is Cn1nc(C(C)(C)C)cc1C(=O)N1CCC(n2c(=O)oc3ccccc32)CC1. The minimum atomic E-state index is -0.326. The summed E-state index contributed by atoms with van der Waals surface area (Å²) >= 11 is 0. The van der Waals surface area contributed by atoms with Crippen molar-refractivity contribution in [3.8, 4) is 0 Å². The molecule has 0 unspecified atom stereocenters. The third-order valence-electron chi connectivity index (χ3n) is 5.50. The van der Waals surface area contributed by atoms with Crippen LogP contribution < -0.4 is 5.76 Å². The van der Waals surface area contributed by atoms with Gasteiger partial charge in [-0.2, -0.15) is 5.10 Å². The average molecular weight is 382 g/mol.